The van der Waals surface area contributed by atoms with E-state index in [4.69, 9.17) is 5.11 Å². The monoisotopic (exact) mass is 148 g/mol. The van der Waals surface area contributed by atoms with Gasteiger partial charge in [-0.1, -0.05) is 0 Å². The highest BCUT2D eigenvalue weighted by Gasteiger charge is 1.98. The van der Waals surface area contributed by atoms with Crippen molar-refractivity contribution in [2.45, 2.75) is 12.8 Å². The Labute approximate surface area is 59.0 Å². The van der Waals surface area contributed by atoms with Crippen LogP contribution < -0.4 is 11.5 Å². The lowest BCUT2D eigenvalue weighted by atomic mass is 10.3. The van der Waals surface area contributed by atoms with Crippen molar-refractivity contribution in [1.82, 2.24) is 0 Å². The molecule has 10 heavy (non-hydrogen) atoms. The second-order valence-electron chi connectivity index (χ2n) is 1.36. The lowest BCUT2D eigenvalue weighted by Crippen LogP contribution is -2.12. The van der Waals surface area contributed by atoms with Gasteiger partial charge in [0, 0.05) is 6.42 Å². The van der Waals surface area contributed by atoms with Crippen LogP contribution in [0.5, 0.6) is 0 Å². The van der Waals surface area contributed by atoms with Gasteiger partial charge >= 0.3 is 5.97 Å². The molecule has 5 heteroatoms. The van der Waals surface area contributed by atoms with E-state index in [9.17, 15) is 9.59 Å². The highest BCUT2D eigenvalue weighted by atomic mass is 16.4. The molecular formula is C5H12N2O3. The fourth-order valence-corrected chi connectivity index (χ4v) is 0.230. The molecule has 0 aromatic carbocycles. The van der Waals surface area contributed by atoms with Crippen molar-refractivity contribution < 1.29 is 14.7 Å². The summed E-state index contributed by atoms with van der Waals surface area (Å²) in [4.78, 5) is 19.6. The zero-order valence-corrected chi connectivity index (χ0v) is 5.83. The Morgan fingerprint density at radius 3 is 1.80 bits per heavy atom. The maximum Gasteiger partial charge on any atom is 0.303 e. The molecule has 0 aliphatic rings. The van der Waals surface area contributed by atoms with Crippen LogP contribution in [0.25, 0.3) is 0 Å². The minimum atomic E-state index is -0.996. The van der Waals surface area contributed by atoms with Crippen LogP contribution in [0, 0.1) is 0 Å². The van der Waals surface area contributed by atoms with E-state index in [0.29, 0.717) is 0 Å². The molecule has 5 N–H and O–H groups in total. The van der Waals surface area contributed by atoms with Crippen LogP contribution in [-0.4, -0.2) is 24.0 Å². The lowest BCUT2D eigenvalue weighted by Gasteiger charge is -1.86. The summed E-state index contributed by atoms with van der Waals surface area (Å²) in [5.74, 6) is -1.57. The Morgan fingerprint density at radius 1 is 1.30 bits per heavy atom. The van der Waals surface area contributed by atoms with Crippen LogP contribution in [0.15, 0.2) is 0 Å². The molecule has 0 aliphatic heterocycles. The third-order valence-corrected chi connectivity index (χ3v) is 0.585. The van der Waals surface area contributed by atoms with Crippen LogP contribution in [0.1, 0.15) is 12.8 Å². The van der Waals surface area contributed by atoms with Crippen molar-refractivity contribution in [3.05, 3.63) is 0 Å². The van der Waals surface area contributed by atoms with Gasteiger partial charge in [0.05, 0.1) is 6.42 Å². The molecule has 0 saturated heterocycles. The zero-order chi connectivity index (χ0) is 8.57. The first-order chi connectivity index (χ1) is 4.63. The molecule has 0 aromatic heterocycles. The number of primary amides is 1. The number of carbonyl (C=O) groups is 2. The summed E-state index contributed by atoms with van der Waals surface area (Å²) in [6, 6.07) is 0. The molecule has 1 amide bonds. The van der Waals surface area contributed by atoms with Gasteiger partial charge in [0.15, 0.2) is 0 Å². The molecule has 0 fully saturated rings. The highest BCUT2D eigenvalue weighted by Crippen LogP contribution is 1.84. The minimum Gasteiger partial charge on any atom is -0.481 e. The van der Waals surface area contributed by atoms with Gasteiger partial charge in [-0.25, -0.2) is 0 Å². The topological polar surface area (TPSA) is 106 Å². The Balaban J connectivity index is 0. The van der Waals surface area contributed by atoms with Gasteiger partial charge in [0.1, 0.15) is 0 Å². The normalized spacial score (nSPS) is 7.40. The highest BCUT2D eigenvalue weighted by molar-refractivity contribution is 5.79. The summed E-state index contributed by atoms with van der Waals surface area (Å²) in [7, 11) is 1.50. The van der Waals surface area contributed by atoms with Crippen molar-refractivity contribution in [3.8, 4) is 0 Å². The molecule has 0 atom stereocenters. The second-order valence-corrected chi connectivity index (χ2v) is 1.36. The quantitative estimate of drug-likeness (QED) is 0.472. The molecule has 0 aliphatic carbocycles. The zero-order valence-electron chi connectivity index (χ0n) is 5.83. The maximum atomic E-state index is 9.86. The van der Waals surface area contributed by atoms with Crippen molar-refractivity contribution in [1.29, 1.82) is 0 Å². The molecule has 60 valence electrons. The van der Waals surface area contributed by atoms with Crippen molar-refractivity contribution in [3.63, 3.8) is 0 Å². The van der Waals surface area contributed by atoms with E-state index >= 15 is 0 Å². The van der Waals surface area contributed by atoms with Crippen LogP contribution in [-0.2, 0) is 9.59 Å². The fourth-order valence-electron chi connectivity index (χ4n) is 0.230. The number of carboxylic acids is 1. The van der Waals surface area contributed by atoms with Crippen LogP contribution in [0.3, 0.4) is 0 Å². The molecular weight excluding hydrogens is 136 g/mol. The Hall–Kier alpha value is -1.10. The molecule has 5 nitrogen and oxygen atoms in total. The summed E-state index contributed by atoms with van der Waals surface area (Å²) in [6.45, 7) is 0. The van der Waals surface area contributed by atoms with Gasteiger partial charge in [-0.15, -0.1) is 0 Å². The van der Waals surface area contributed by atoms with E-state index in [0.717, 1.165) is 0 Å². The standard InChI is InChI=1S/C4H7NO3.CH5N/c5-3(6)1-2-4(7)8;1-2/h1-2H2,(H2,5,6)(H,7,8);2H2,1H3. The Bertz CT molecular complexity index is 99.5. The van der Waals surface area contributed by atoms with Crippen LogP contribution in [0.2, 0.25) is 0 Å². The molecule has 0 rings (SSSR count). The number of hydrogen-bond acceptors (Lipinski definition) is 3. The third kappa shape index (κ3) is 15.8. The first kappa shape index (κ1) is 11.7. The number of rotatable bonds is 3. The summed E-state index contributed by atoms with van der Waals surface area (Å²) < 4.78 is 0. The van der Waals surface area contributed by atoms with E-state index in [-0.39, 0.29) is 12.8 Å². The first-order valence-corrected chi connectivity index (χ1v) is 2.70. The first-order valence-electron chi connectivity index (χ1n) is 2.70. The van der Waals surface area contributed by atoms with E-state index in [1.54, 1.807) is 0 Å². The predicted octanol–water partition coefficient (Wildman–Crippen LogP) is -1.09. The maximum absolute atomic E-state index is 9.86. The molecule has 0 saturated carbocycles. The summed E-state index contributed by atoms with van der Waals surface area (Å²) in [5.41, 5.74) is 9.14. The number of amides is 1. The largest absolute Gasteiger partial charge is 0.481 e. The SMILES string of the molecule is CN.NC(=O)CCC(=O)O. The third-order valence-electron chi connectivity index (χ3n) is 0.585. The number of aliphatic carboxylic acids is 1. The molecule has 0 heterocycles. The van der Waals surface area contributed by atoms with Crippen LogP contribution >= 0.6 is 0 Å². The van der Waals surface area contributed by atoms with Gasteiger partial charge < -0.3 is 16.6 Å². The van der Waals surface area contributed by atoms with E-state index in [1.807, 2.05) is 0 Å². The number of carbonyl (C=O) groups excluding carboxylic acids is 1. The average Bonchev–Trinajstić information content (AvgIpc) is 1.89. The Morgan fingerprint density at radius 2 is 1.70 bits per heavy atom. The molecule has 0 aromatic rings. The van der Waals surface area contributed by atoms with E-state index < -0.39 is 11.9 Å². The van der Waals surface area contributed by atoms with Crippen molar-refractivity contribution in [2.75, 3.05) is 7.05 Å². The van der Waals surface area contributed by atoms with Gasteiger partial charge in [-0.3, -0.25) is 9.59 Å². The summed E-state index contributed by atoms with van der Waals surface area (Å²) in [5, 5.41) is 7.95. The van der Waals surface area contributed by atoms with Crippen molar-refractivity contribution >= 4 is 11.9 Å². The molecule has 0 radical (unpaired) electrons. The number of hydrogen-bond donors (Lipinski definition) is 3. The minimum absolute atomic E-state index is 0.0741. The van der Waals surface area contributed by atoms with Crippen LogP contribution in [0.4, 0.5) is 0 Å². The smallest absolute Gasteiger partial charge is 0.303 e. The predicted molar refractivity (Wildman–Crippen MR) is 36.2 cm³/mol. The number of carboxylic acid groups (broad SMARTS) is 1. The van der Waals surface area contributed by atoms with Gasteiger partial charge in [0.2, 0.25) is 5.91 Å². The lowest BCUT2D eigenvalue weighted by molar-refractivity contribution is -0.138. The second kappa shape index (κ2) is 7.90. The Kier molecular flexibility index (Phi) is 9.22. The number of nitrogens with two attached hydrogens (primary N) is 2. The van der Waals surface area contributed by atoms with Crippen molar-refractivity contribution in [2.24, 2.45) is 11.5 Å². The van der Waals surface area contributed by atoms with Gasteiger partial charge in [0.25, 0.3) is 0 Å². The molecule has 0 unspecified atom stereocenters. The summed E-state index contributed by atoms with van der Waals surface area (Å²) >= 11 is 0. The average molecular weight is 148 g/mol. The van der Waals surface area contributed by atoms with Gasteiger partial charge in [-0.05, 0) is 7.05 Å². The fraction of sp³-hybridized carbons (Fsp3) is 0.600. The van der Waals surface area contributed by atoms with E-state index in [1.165, 1.54) is 7.05 Å². The molecule has 0 bridgehead atoms. The van der Waals surface area contributed by atoms with E-state index in [2.05, 4.69) is 11.5 Å². The van der Waals surface area contributed by atoms with Gasteiger partial charge in [-0.2, -0.15) is 0 Å². The molecule has 0 spiro atoms. The summed E-state index contributed by atoms with van der Waals surface area (Å²) in [6.07, 6.45) is -0.245.